The monoisotopic (exact) mass is 311 g/mol. The topological polar surface area (TPSA) is 92.2 Å². The number of aliphatic hydroxyl groups is 1. The van der Waals surface area contributed by atoms with E-state index in [9.17, 15) is 12.8 Å². The van der Waals surface area contributed by atoms with E-state index in [4.69, 9.17) is 5.11 Å². The molecular formula is C13H14FN3O3S. The van der Waals surface area contributed by atoms with Crippen LogP contribution in [-0.2, 0) is 23.2 Å². The van der Waals surface area contributed by atoms with E-state index in [2.05, 4.69) is 14.7 Å². The van der Waals surface area contributed by atoms with E-state index in [1.165, 1.54) is 18.5 Å². The number of halogens is 1. The molecule has 0 amide bonds. The Labute approximate surface area is 121 Å². The zero-order valence-corrected chi connectivity index (χ0v) is 12.1. The highest BCUT2D eigenvalue weighted by Crippen LogP contribution is 2.17. The van der Waals surface area contributed by atoms with Crippen LogP contribution < -0.4 is 4.72 Å². The lowest BCUT2D eigenvalue weighted by molar-refractivity contribution is 0.278. The number of aromatic nitrogens is 2. The average Bonchev–Trinajstić information content (AvgIpc) is 2.47. The van der Waals surface area contributed by atoms with Gasteiger partial charge >= 0.3 is 0 Å². The van der Waals surface area contributed by atoms with Crippen molar-refractivity contribution < 1.29 is 17.9 Å². The average molecular weight is 311 g/mol. The molecule has 0 saturated heterocycles. The summed E-state index contributed by atoms with van der Waals surface area (Å²) < 4.78 is 39.9. The Morgan fingerprint density at radius 2 is 2.05 bits per heavy atom. The molecule has 0 aliphatic heterocycles. The highest BCUT2D eigenvalue weighted by molar-refractivity contribution is 7.89. The molecule has 112 valence electrons. The first-order valence-electron chi connectivity index (χ1n) is 6.09. The van der Waals surface area contributed by atoms with Crippen LogP contribution in [-0.4, -0.2) is 23.5 Å². The van der Waals surface area contributed by atoms with Gasteiger partial charge in [-0.2, -0.15) is 0 Å². The van der Waals surface area contributed by atoms with Crippen molar-refractivity contribution in [3.05, 3.63) is 53.4 Å². The second-order valence-electron chi connectivity index (χ2n) is 4.38. The fraction of sp³-hybridized carbons (Fsp3) is 0.231. The highest BCUT2D eigenvalue weighted by atomic mass is 32.2. The highest BCUT2D eigenvalue weighted by Gasteiger charge is 2.19. The number of nitrogens with zero attached hydrogens (tertiary/aromatic N) is 2. The standard InChI is InChI=1S/C13H14FN3O3S/c1-9-5-16-12(6-15-9)7-17-21(19,20)13-4-11(14)3-2-10(13)8-18/h2-6,17-18H,7-8H2,1H3. The summed E-state index contributed by atoms with van der Waals surface area (Å²) in [6, 6.07) is 3.19. The summed E-state index contributed by atoms with van der Waals surface area (Å²) in [6.07, 6.45) is 2.97. The summed E-state index contributed by atoms with van der Waals surface area (Å²) >= 11 is 0. The SMILES string of the molecule is Cc1cnc(CNS(=O)(=O)c2cc(F)ccc2CO)cn1. The Hall–Kier alpha value is -1.90. The van der Waals surface area contributed by atoms with Crippen LogP contribution in [0.5, 0.6) is 0 Å². The lowest BCUT2D eigenvalue weighted by Gasteiger charge is -2.10. The lowest BCUT2D eigenvalue weighted by Crippen LogP contribution is -2.25. The number of benzene rings is 1. The first-order chi connectivity index (χ1) is 9.92. The van der Waals surface area contributed by atoms with Gasteiger partial charge in [0.15, 0.2) is 0 Å². The van der Waals surface area contributed by atoms with Crippen molar-refractivity contribution in [3.63, 3.8) is 0 Å². The largest absolute Gasteiger partial charge is 0.392 e. The fourth-order valence-electron chi connectivity index (χ4n) is 1.67. The first-order valence-corrected chi connectivity index (χ1v) is 7.57. The molecule has 8 heteroatoms. The molecule has 2 N–H and O–H groups in total. The van der Waals surface area contributed by atoms with Crippen LogP contribution in [0.1, 0.15) is 17.0 Å². The predicted octanol–water partition coefficient (Wildman–Crippen LogP) is 0.895. The van der Waals surface area contributed by atoms with Gasteiger partial charge < -0.3 is 5.11 Å². The third-order valence-electron chi connectivity index (χ3n) is 2.77. The molecule has 0 saturated carbocycles. The van der Waals surface area contributed by atoms with Crippen LogP contribution in [0.4, 0.5) is 4.39 Å². The van der Waals surface area contributed by atoms with Gasteiger partial charge in [-0.15, -0.1) is 0 Å². The van der Waals surface area contributed by atoms with E-state index in [1.807, 2.05) is 0 Å². The van der Waals surface area contributed by atoms with Gasteiger partial charge in [-0.25, -0.2) is 17.5 Å². The first kappa shape index (κ1) is 15.5. The zero-order valence-electron chi connectivity index (χ0n) is 11.2. The maximum absolute atomic E-state index is 13.2. The molecule has 0 atom stereocenters. The van der Waals surface area contributed by atoms with Gasteiger partial charge in [0.25, 0.3) is 0 Å². The smallest absolute Gasteiger partial charge is 0.241 e. The van der Waals surface area contributed by atoms with Crippen molar-refractivity contribution in [1.29, 1.82) is 0 Å². The Bertz CT molecular complexity index is 733. The molecule has 0 radical (unpaired) electrons. The van der Waals surface area contributed by atoms with Gasteiger partial charge in [0, 0.05) is 6.20 Å². The molecule has 0 unspecified atom stereocenters. The third-order valence-corrected chi connectivity index (χ3v) is 4.25. The number of rotatable bonds is 5. The summed E-state index contributed by atoms with van der Waals surface area (Å²) in [6.45, 7) is 1.19. The molecule has 1 aromatic carbocycles. The van der Waals surface area contributed by atoms with Crippen LogP contribution in [0, 0.1) is 12.7 Å². The number of aryl methyl sites for hydroxylation is 1. The summed E-state index contributed by atoms with van der Waals surface area (Å²) in [4.78, 5) is 7.74. The molecule has 1 heterocycles. The molecule has 0 spiro atoms. The number of hydrogen-bond donors (Lipinski definition) is 2. The molecule has 2 rings (SSSR count). The molecule has 0 aliphatic rings. The zero-order chi connectivity index (χ0) is 15.5. The van der Waals surface area contributed by atoms with Gasteiger partial charge in [0.05, 0.1) is 35.6 Å². The predicted molar refractivity (Wildman–Crippen MR) is 73.1 cm³/mol. The minimum Gasteiger partial charge on any atom is -0.392 e. The molecular weight excluding hydrogens is 297 g/mol. The molecule has 6 nitrogen and oxygen atoms in total. The fourth-order valence-corrected chi connectivity index (χ4v) is 2.91. The number of aliphatic hydroxyl groups excluding tert-OH is 1. The van der Waals surface area contributed by atoms with Crippen molar-refractivity contribution in [2.24, 2.45) is 0 Å². The molecule has 2 aromatic rings. The second-order valence-corrected chi connectivity index (χ2v) is 6.12. The Morgan fingerprint density at radius 3 is 2.67 bits per heavy atom. The minimum atomic E-state index is -3.95. The molecule has 1 aromatic heterocycles. The number of sulfonamides is 1. The van der Waals surface area contributed by atoms with Crippen LogP contribution >= 0.6 is 0 Å². The summed E-state index contributed by atoms with van der Waals surface area (Å²) in [5.41, 5.74) is 1.28. The number of nitrogens with one attached hydrogen (secondary N) is 1. The van der Waals surface area contributed by atoms with E-state index in [-0.39, 0.29) is 17.0 Å². The van der Waals surface area contributed by atoms with Crippen molar-refractivity contribution in [2.75, 3.05) is 0 Å². The van der Waals surface area contributed by atoms with Gasteiger partial charge in [-0.05, 0) is 24.6 Å². The van der Waals surface area contributed by atoms with Crippen LogP contribution in [0.2, 0.25) is 0 Å². The molecule has 0 fully saturated rings. The van der Waals surface area contributed by atoms with E-state index in [0.29, 0.717) is 11.4 Å². The molecule has 21 heavy (non-hydrogen) atoms. The normalized spacial score (nSPS) is 11.6. The Morgan fingerprint density at radius 1 is 1.29 bits per heavy atom. The lowest BCUT2D eigenvalue weighted by atomic mass is 10.2. The molecule has 0 aliphatic carbocycles. The summed E-state index contributed by atoms with van der Waals surface area (Å²) in [5.74, 6) is -0.692. The van der Waals surface area contributed by atoms with Gasteiger partial charge in [0.2, 0.25) is 10.0 Å². The van der Waals surface area contributed by atoms with Crippen molar-refractivity contribution >= 4 is 10.0 Å². The Kier molecular flexibility index (Phi) is 4.61. The van der Waals surface area contributed by atoms with E-state index >= 15 is 0 Å². The van der Waals surface area contributed by atoms with E-state index < -0.39 is 22.4 Å². The second kappa shape index (κ2) is 6.25. The van der Waals surface area contributed by atoms with Gasteiger partial charge in [-0.1, -0.05) is 6.07 Å². The Balaban J connectivity index is 2.22. The third kappa shape index (κ3) is 3.81. The van der Waals surface area contributed by atoms with Gasteiger partial charge in [0.1, 0.15) is 5.82 Å². The van der Waals surface area contributed by atoms with Crippen LogP contribution in [0.15, 0.2) is 35.5 Å². The van der Waals surface area contributed by atoms with Crippen molar-refractivity contribution in [1.82, 2.24) is 14.7 Å². The maximum atomic E-state index is 13.2. The van der Waals surface area contributed by atoms with Crippen molar-refractivity contribution in [3.8, 4) is 0 Å². The van der Waals surface area contributed by atoms with Gasteiger partial charge in [-0.3, -0.25) is 9.97 Å². The summed E-state index contributed by atoms with van der Waals surface area (Å²) in [7, 11) is -3.95. The number of hydrogen-bond acceptors (Lipinski definition) is 5. The minimum absolute atomic E-state index is 0.0724. The quantitative estimate of drug-likeness (QED) is 0.856. The maximum Gasteiger partial charge on any atom is 0.241 e. The summed E-state index contributed by atoms with van der Waals surface area (Å²) in [5, 5.41) is 9.15. The van der Waals surface area contributed by atoms with Crippen LogP contribution in [0.3, 0.4) is 0 Å². The van der Waals surface area contributed by atoms with E-state index in [0.717, 1.165) is 12.1 Å². The van der Waals surface area contributed by atoms with Crippen LogP contribution in [0.25, 0.3) is 0 Å². The molecule has 0 bridgehead atoms. The van der Waals surface area contributed by atoms with Crippen molar-refractivity contribution in [2.45, 2.75) is 25.0 Å². The van der Waals surface area contributed by atoms with E-state index in [1.54, 1.807) is 6.92 Å².